The van der Waals surface area contributed by atoms with E-state index >= 15 is 0 Å². The lowest BCUT2D eigenvalue weighted by Gasteiger charge is -2.28. The highest BCUT2D eigenvalue weighted by atomic mass is 16.5. The Labute approximate surface area is 143 Å². The average molecular weight is 333 g/mol. The van der Waals surface area contributed by atoms with Crippen LogP contribution in [0.25, 0.3) is 0 Å². The van der Waals surface area contributed by atoms with Gasteiger partial charge >= 0.3 is 6.03 Å². The number of unbranched alkanes of at least 4 members (excludes halogenated alkanes) is 2. The molecule has 1 fully saturated rings. The highest BCUT2D eigenvalue weighted by Crippen LogP contribution is 2.33. The Balaban J connectivity index is 2.05. The molecule has 0 radical (unpaired) electrons. The standard InChI is InChI=1S/C18H27N3O3/c1-3-4-6-11-19-18(23)20-14-9-10-16(24-2)15(13-14)21-12-7-5-8-17(21)22/h9-10,13H,3-8,11-12H2,1-2H3,(H2,19,20,23). The molecule has 0 atom stereocenters. The molecule has 1 aromatic carbocycles. The quantitative estimate of drug-likeness (QED) is 0.750. The molecule has 0 bridgehead atoms. The Morgan fingerprint density at radius 1 is 1.29 bits per heavy atom. The van der Waals surface area contributed by atoms with Crippen LogP contribution >= 0.6 is 0 Å². The second-order valence-corrected chi connectivity index (χ2v) is 5.98. The summed E-state index contributed by atoms with van der Waals surface area (Å²) in [6, 6.07) is 5.13. The van der Waals surface area contributed by atoms with Gasteiger partial charge in [-0.3, -0.25) is 4.79 Å². The second-order valence-electron chi connectivity index (χ2n) is 5.98. The summed E-state index contributed by atoms with van der Waals surface area (Å²) in [5.41, 5.74) is 1.36. The van der Waals surface area contributed by atoms with Crippen LogP contribution in [0.15, 0.2) is 18.2 Å². The normalized spacial score (nSPS) is 14.4. The highest BCUT2D eigenvalue weighted by Gasteiger charge is 2.23. The van der Waals surface area contributed by atoms with Crippen molar-refractivity contribution in [2.45, 2.75) is 45.4 Å². The fourth-order valence-electron chi connectivity index (χ4n) is 2.79. The lowest BCUT2D eigenvalue weighted by molar-refractivity contribution is -0.119. The third-order valence-electron chi connectivity index (χ3n) is 4.12. The van der Waals surface area contributed by atoms with Crippen molar-refractivity contribution < 1.29 is 14.3 Å². The summed E-state index contributed by atoms with van der Waals surface area (Å²) in [5.74, 6) is 0.736. The molecule has 0 aromatic heterocycles. The van der Waals surface area contributed by atoms with Crippen LogP contribution in [0.5, 0.6) is 5.75 Å². The minimum absolute atomic E-state index is 0.0979. The van der Waals surface area contributed by atoms with Crippen molar-refractivity contribution in [3.8, 4) is 5.75 Å². The van der Waals surface area contributed by atoms with E-state index in [1.807, 2.05) is 0 Å². The summed E-state index contributed by atoms with van der Waals surface area (Å²) < 4.78 is 5.38. The number of rotatable bonds is 7. The van der Waals surface area contributed by atoms with Crippen LogP contribution in [0, 0.1) is 0 Å². The maximum Gasteiger partial charge on any atom is 0.319 e. The van der Waals surface area contributed by atoms with E-state index in [2.05, 4.69) is 17.6 Å². The van der Waals surface area contributed by atoms with Gasteiger partial charge in [-0.1, -0.05) is 19.8 Å². The van der Waals surface area contributed by atoms with E-state index in [1.165, 1.54) is 0 Å². The van der Waals surface area contributed by atoms with E-state index in [1.54, 1.807) is 30.2 Å². The molecule has 0 saturated carbocycles. The van der Waals surface area contributed by atoms with Crippen LogP contribution in [0.2, 0.25) is 0 Å². The molecule has 0 aliphatic carbocycles. The molecule has 3 amide bonds. The summed E-state index contributed by atoms with van der Waals surface area (Å²) in [6.07, 6.45) is 5.65. The molecule has 1 aromatic rings. The van der Waals surface area contributed by atoms with Gasteiger partial charge in [0.25, 0.3) is 0 Å². The zero-order valence-corrected chi connectivity index (χ0v) is 14.6. The van der Waals surface area contributed by atoms with Gasteiger partial charge in [0.05, 0.1) is 12.8 Å². The van der Waals surface area contributed by atoms with Gasteiger partial charge in [-0.2, -0.15) is 0 Å². The molecule has 1 aliphatic heterocycles. The molecule has 1 aliphatic rings. The van der Waals surface area contributed by atoms with Crippen LogP contribution in [-0.2, 0) is 4.79 Å². The van der Waals surface area contributed by atoms with Gasteiger partial charge in [-0.15, -0.1) is 0 Å². The van der Waals surface area contributed by atoms with Gasteiger partial charge in [-0.05, 0) is 37.5 Å². The number of benzene rings is 1. The van der Waals surface area contributed by atoms with E-state index in [0.29, 0.717) is 36.6 Å². The van der Waals surface area contributed by atoms with Crippen molar-refractivity contribution in [3.63, 3.8) is 0 Å². The molecule has 132 valence electrons. The largest absolute Gasteiger partial charge is 0.495 e. The van der Waals surface area contributed by atoms with Crippen LogP contribution in [0.1, 0.15) is 45.4 Å². The molecular formula is C18H27N3O3. The van der Waals surface area contributed by atoms with Gasteiger partial charge < -0.3 is 20.3 Å². The van der Waals surface area contributed by atoms with Crippen molar-refractivity contribution in [2.24, 2.45) is 0 Å². The zero-order valence-electron chi connectivity index (χ0n) is 14.6. The van der Waals surface area contributed by atoms with Crippen LogP contribution in [-0.4, -0.2) is 32.1 Å². The topological polar surface area (TPSA) is 70.7 Å². The van der Waals surface area contributed by atoms with Gasteiger partial charge in [-0.25, -0.2) is 4.79 Å². The summed E-state index contributed by atoms with van der Waals surface area (Å²) in [5, 5.41) is 5.66. The minimum Gasteiger partial charge on any atom is -0.495 e. The van der Waals surface area contributed by atoms with Crippen molar-refractivity contribution >= 4 is 23.3 Å². The number of nitrogens with zero attached hydrogens (tertiary/aromatic N) is 1. The summed E-state index contributed by atoms with van der Waals surface area (Å²) >= 11 is 0. The van der Waals surface area contributed by atoms with E-state index in [-0.39, 0.29) is 11.9 Å². The number of piperidine rings is 1. The van der Waals surface area contributed by atoms with Crippen molar-refractivity contribution in [3.05, 3.63) is 18.2 Å². The predicted octanol–water partition coefficient (Wildman–Crippen LogP) is 3.52. The predicted molar refractivity (Wildman–Crippen MR) is 95.7 cm³/mol. The first-order valence-electron chi connectivity index (χ1n) is 8.69. The fourth-order valence-corrected chi connectivity index (χ4v) is 2.79. The monoisotopic (exact) mass is 333 g/mol. The fraction of sp³-hybridized carbons (Fsp3) is 0.556. The molecule has 2 rings (SSSR count). The Morgan fingerprint density at radius 3 is 2.83 bits per heavy atom. The number of amides is 3. The Hall–Kier alpha value is -2.24. The summed E-state index contributed by atoms with van der Waals surface area (Å²) in [4.78, 5) is 25.9. The van der Waals surface area contributed by atoms with Crippen LogP contribution < -0.4 is 20.3 Å². The first-order chi connectivity index (χ1) is 11.7. The van der Waals surface area contributed by atoms with Gasteiger partial charge in [0.2, 0.25) is 5.91 Å². The first-order valence-corrected chi connectivity index (χ1v) is 8.69. The number of hydrogen-bond acceptors (Lipinski definition) is 3. The Kier molecular flexibility index (Phi) is 6.90. The number of nitrogens with one attached hydrogen (secondary N) is 2. The number of methoxy groups -OCH3 is 1. The highest BCUT2D eigenvalue weighted by molar-refractivity contribution is 5.97. The van der Waals surface area contributed by atoms with Crippen LogP contribution in [0.4, 0.5) is 16.2 Å². The van der Waals surface area contributed by atoms with E-state index in [0.717, 1.165) is 32.1 Å². The number of urea groups is 1. The number of anilines is 2. The third kappa shape index (κ3) is 4.88. The van der Waals surface area contributed by atoms with Gasteiger partial charge in [0.1, 0.15) is 5.75 Å². The number of ether oxygens (including phenoxy) is 1. The molecule has 0 spiro atoms. The summed E-state index contributed by atoms with van der Waals surface area (Å²) in [7, 11) is 1.58. The molecule has 2 N–H and O–H groups in total. The SMILES string of the molecule is CCCCCNC(=O)Nc1ccc(OC)c(N2CCCCC2=O)c1. The Morgan fingerprint density at radius 2 is 2.12 bits per heavy atom. The van der Waals surface area contributed by atoms with Crippen molar-refractivity contribution in [2.75, 3.05) is 30.4 Å². The molecule has 0 unspecified atom stereocenters. The molecule has 6 heteroatoms. The van der Waals surface area contributed by atoms with E-state index in [9.17, 15) is 9.59 Å². The van der Waals surface area contributed by atoms with Gasteiger partial charge in [0, 0.05) is 25.2 Å². The number of hydrogen-bond donors (Lipinski definition) is 2. The smallest absolute Gasteiger partial charge is 0.319 e. The lowest BCUT2D eigenvalue weighted by Crippen LogP contribution is -2.35. The molecule has 6 nitrogen and oxygen atoms in total. The maximum absolute atomic E-state index is 12.2. The van der Waals surface area contributed by atoms with Crippen LogP contribution in [0.3, 0.4) is 0 Å². The number of carbonyl (C=O) groups is 2. The first kappa shape index (κ1) is 18.1. The van der Waals surface area contributed by atoms with Crippen molar-refractivity contribution in [1.29, 1.82) is 0 Å². The van der Waals surface area contributed by atoms with E-state index in [4.69, 9.17) is 4.74 Å². The molecule has 1 heterocycles. The second kappa shape index (κ2) is 9.15. The lowest BCUT2D eigenvalue weighted by atomic mass is 10.1. The minimum atomic E-state index is -0.229. The summed E-state index contributed by atoms with van der Waals surface area (Å²) in [6.45, 7) is 3.47. The van der Waals surface area contributed by atoms with Gasteiger partial charge in [0.15, 0.2) is 0 Å². The third-order valence-corrected chi connectivity index (χ3v) is 4.12. The van der Waals surface area contributed by atoms with E-state index < -0.39 is 0 Å². The molecular weight excluding hydrogens is 306 g/mol. The van der Waals surface area contributed by atoms with Crippen molar-refractivity contribution in [1.82, 2.24) is 5.32 Å². The zero-order chi connectivity index (χ0) is 17.4. The average Bonchev–Trinajstić information content (AvgIpc) is 2.59. The molecule has 1 saturated heterocycles. The Bertz CT molecular complexity index is 575. The number of carbonyl (C=O) groups excluding carboxylic acids is 2. The molecule has 24 heavy (non-hydrogen) atoms. The maximum atomic E-state index is 12.2.